The first-order valence-corrected chi connectivity index (χ1v) is 10.2. The van der Waals surface area contributed by atoms with Crippen LogP contribution in [0.15, 0.2) is 41.3 Å². The normalized spacial score (nSPS) is 11.7. The average molecular weight is 411 g/mol. The molecule has 10 heteroatoms. The summed E-state index contributed by atoms with van der Waals surface area (Å²) in [4.78, 5) is 15.9. The van der Waals surface area contributed by atoms with Crippen molar-refractivity contribution < 1.29 is 22.0 Å². The second kappa shape index (κ2) is 7.67. The number of carbonyl (C=O) groups excluding carboxylic acids is 1. The smallest absolute Gasteiger partial charge is 0.240 e. The molecule has 27 heavy (non-hydrogen) atoms. The minimum absolute atomic E-state index is 0.141. The maximum absolute atomic E-state index is 13.2. The topological polar surface area (TPSA) is 88.2 Å². The molecule has 2 N–H and O–H groups in total. The van der Waals surface area contributed by atoms with E-state index in [1.807, 2.05) is 25.1 Å². The maximum atomic E-state index is 13.2. The fourth-order valence-corrected chi connectivity index (χ4v) is 4.35. The van der Waals surface area contributed by atoms with Gasteiger partial charge in [-0.05, 0) is 36.8 Å². The first kappa shape index (κ1) is 19.3. The molecular weight excluding hydrogens is 396 g/mol. The number of thiazole rings is 1. The Balaban J connectivity index is 1.58. The predicted octanol–water partition coefficient (Wildman–Crippen LogP) is 3.19. The Morgan fingerprint density at radius 2 is 1.96 bits per heavy atom. The molecule has 3 rings (SSSR count). The van der Waals surface area contributed by atoms with Crippen LogP contribution in [0, 0.1) is 18.6 Å². The number of hydrogen-bond donors (Lipinski definition) is 2. The summed E-state index contributed by atoms with van der Waals surface area (Å²) in [7, 11) is -4.04. The molecule has 3 aromatic rings. The summed E-state index contributed by atoms with van der Waals surface area (Å²) in [5.74, 6) is -2.82. The van der Waals surface area contributed by atoms with Crippen LogP contribution in [0.3, 0.4) is 0 Å². The van der Waals surface area contributed by atoms with Gasteiger partial charge in [-0.3, -0.25) is 4.79 Å². The van der Waals surface area contributed by atoms with Crippen molar-refractivity contribution in [2.75, 3.05) is 11.9 Å². The third-order valence-electron chi connectivity index (χ3n) is 3.71. The number of benzene rings is 2. The Morgan fingerprint density at radius 3 is 2.67 bits per heavy atom. The fourth-order valence-electron chi connectivity index (χ4n) is 2.35. The molecule has 0 fully saturated rings. The Kier molecular flexibility index (Phi) is 5.49. The van der Waals surface area contributed by atoms with Crippen LogP contribution in [0.4, 0.5) is 13.9 Å². The lowest BCUT2D eigenvalue weighted by molar-refractivity contribution is -0.116. The van der Waals surface area contributed by atoms with Crippen molar-refractivity contribution in [1.82, 2.24) is 9.71 Å². The summed E-state index contributed by atoms with van der Waals surface area (Å²) in [5, 5.41) is 3.05. The molecule has 1 aromatic heterocycles. The van der Waals surface area contributed by atoms with E-state index in [2.05, 4.69) is 15.0 Å². The quantitative estimate of drug-likeness (QED) is 0.652. The van der Waals surface area contributed by atoms with E-state index in [9.17, 15) is 22.0 Å². The van der Waals surface area contributed by atoms with Gasteiger partial charge in [0.05, 0.1) is 15.1 Å². The standard InChI is InChI=1S/C17H15F2N3O3S2/c1-10-3-2-4-14-16(10)22-17(26-14)21-15(23)7-8-20-27(24,25)11-5-6-12(18)13(19)9-11/h2-6,9,20H,7-8H2,1H3,(H,21,22,23). The third kappa shape index (κ3) is 4.46. The Bertz CT molecular complexity index is 1110. The molecule has 0 aliphatic carbocycles. The molecule has 0 aliphatic heterocycles. The molecule has 0 spiro atoms. The SMILES string of the molecule is Cc1cccc2sc(NC(=O)CCNS(=O)(=O)c3ccc(F)c(F)c3)nc12. The van der Waals surface area contributed by atoms with Crippen molar-refractivity contribution in [2.45, 2.75) is 18.2 Å². The zero-order chi connectivity index (χ0) is 19.6. The van der Waals surface area contributed by atoms with E-state index in [0.29, 0.717) is 11.2 Å². The minimum atomic E-state index is -4.04. The number of nitrogens with zero attached hydrogens (tertiary/aromatic N) is 1. The number of aromatic nitrogens is 1. The molecule has 142 valence electrons. The molecule has 1 amide bonds. The summed E-state index contributed by atoms with van der Waals surface area (Å²) < 4.78 is 53.3. The van der Waals surface area contributed by atoms with E-state index in [0.717, 1.165) is 27.9 Å². The molecule has 0 saturated heterocycles. The first-order valence-electron chi connectivity index (χ1n) is 7.87. The highest BCUT2D eigenvalue weighted by molar-refractivity contribution is 7.89. The summed E-state index contributed by atoms with van der Waals surface area (Å²) in [5.41, 5.74) is 1.79. The number of halogens is 2. The first-order chi connectivity index (χ1) is 12.8. The number of para-hydroxylation sites is 1. The minimum Gasteiger partial charge on any atom is -0.302 e. The highest BCUT2D eigenvalue weighted by Gasteiger charge is 2.17. The molecular formula is C17H15F2N3O3S2. The van der Waals surface area contributed by atoms with E-state index in [-0.39, 0.29) is 13.0 Å². The molecule has 6 nitrogen and oxygen atoms in total. The summed E-state index contributed by atoms with van der Waals surface area (Å²) >= 11 is 1.32. The van der Waals surface area contributed by atoms with Crippen molar-refractivity contribution >= 4 is 42.6 Å². The molecule has 0 saturated carbocycles. The van der Waals surface area contributed by atoms with Crippen molar-refractivity contribution in [1.29, 1.82) is 0 Å². The molecule has 0 aliphatic rings. The summed E-state index contributed by atoms with van der Waals surface area (Å²) in [6.07, 6.45) is -0.141. The molecule has 1 heterocycles. The van der Waals surface area contributed by atoms with E-state index >= 15 is 0 Å². The Morgan fingerprint density at radius 1 is 1.19 bits per heavy atom. The van der Waals surface area contributed by atoms with Gasteiger partial charge in [0.25, 0.3) is 0 Å². The maximum Gasteiger partial charge on any atom is 0.240 e. The zero-order valence-electron chi connectivity index (χ0n) is 14.1. The monoisotopic (exact) mass is 411 g/mol. The number of anilines is 1. The number of fused-ring (bicyclic) bond motifs is 1. The molecule has 0 atom stereocenters. The van der Waals surface area contributed by atoms with Gasteiger partial charge in [-0.15, -0.1) is 0 Å². The van der Waals surface area contributed by atoms with Gasteiger partial charge in [-0.25, -0.2) is 26.9 Å². The lowest BCUT2D eigenvalue weighted by Gasteiger charge is -2.07. The zero-order valence-corrected chi connectivity index (χ0v) is 15.8. The van der Waals surface area contributed by atoms with Gasteiger partial charge in [0.1, 0.15) is 0 Å². The van der Waals surface area contributed by atoms with Gasteiger partial charge < -0.3 is 5.32 Å². The van der Waals surface area contributed by atoms with Crippen molar-refractivity contribution in [2.24, 2.45) is 0 Å². The Hall–Kier alpha value is -2.43. The van der Waals surface area contributed by atoms with E-state index < -0.39 is 32.5 Å². The summed E-state index contributed by atoms with van der Waals surface area (Å²) in [6, 6.07) is 7.97. The molecule has 0 bridgehead atoms. The van der Waals surface area contributed by atoms with Gasteiger partial charge in [0.2, 0.25) is 15.9 Å². The second-order valence-corrected chi connectivity index (χ2v) is 8.51. The van der Waals surface area contributed by atoms with Crippen LogP contribution in [-0.2, 0) is 14.8 Å². The van der Waals surface area contributed by atoms with Crippen LogP contribution in [0.1, 0.15) is 12.0 Å². The van der Waals surface area contributed by atoms with Gasteiger partial charge in [0.15, 0.2) is 16.8 Å². The Labute approximate surface area is 158 Å². The van der Waals surface area contributed by atoms with Crippen molar-refractivity contribution in [3.8, 4) is 0 Å². The molecule has 0 unspecified atom stereocenters. The predicted molar refractivity (Wildman–Crippen MR) is 99.2 cm³/mol. The number of sulfonamides is 1. The second-order valence-electron chi connectivity index (χ2n) is 5.71. The van der Waals surface area contributed by atoms with Gasteiger partial charge in [-0.2, -0.15) is 0 Å². The number of hydrogen-bond acceptors (Lipinski definition) is 5. The largest absolute Gasteiger partial charge is 0.302 e. The van der Waals surface area contributed by atoms with Gasteiger partial charge >= 0.3 is 0 Å². The van der Waals surface area contributed by atoms with Crippen LogP contribution < -0.4 is 10.0 Å². The van der Waals surface area contributed by atoms with E-state index in [4.69, 9.17) is 0 Å². The lowest BCUT2D eigenvalue weighted by Crippen LogP contribution is -2.28. The summed E-state index contributed by atoms with van der Waals surface area (Å²) in [6.45, 7) is 1.72. The van der Waals surface area contributed by atoms with Crippen LogP contribution in [-0.4, -0.2) is 25.9 Å². The van der Waals surface area contributed by atoms with Gasteiger partial charge in [0, 0.05) is 13.0 Å². The van der Waals surface area contributed by atoms with Crippen LogP contribution in [0.25, 0.3) is 10.2 Å². The average Bonchev–Trinajstić information content (AvgIpc) is 3.01. The fraction of sp³-hybridized carbons (Fsp3) is 0.176. The number of amides is 1. The molecule has 0 radical (unpaired) electrons. The third-order valence-corrected chi connectivity index (χ3v) is 6.11. The van der Waals surface area contributed by atoms with Crippen molar-refractivity contribution in [3.63, 3.8) is 0 Å². The van der Waals surface area contributed by atoms with Crippen LogP contribution in [0.5, 0.6) is 0 Å². The van der Waals surface area contributed by atoms with Crippen molar-refractivity contribution in [3.05, 3.63) is 53.6 Å². The number of carbonyl (C=O) groups is 1. The van der Waals surface area contributed by atoms with E-state index in [1.54, 1.807) is 0 Å². The lowest BCUT2D eigenvalue weighted by atomic mass is 10.2. The highest BCUT2D eigenvalue weighted by Crippen LogP contribution is 2.27. The number of rotatable bonds is 6. The van der Waals surface area contributed by atoms with Crippen LogP contribution in [0.2, 0.25) is 0 Å². The van der Waals surface area contributed by atoms with E-state index in [1.165, 1.54) is 11.3 Å². The molecule has 2 aromatic carbocycles. The number of aryl methyl sites for hydroxylation is 1. The van der Waals surface area contributed by atoms with Gasteiger partial charge in [-0.1, -0.05) is 23.5 Å². The highest BCUT2D eigenvalue weighted by atomic mass is 32.2. The number of nitrogens with one attached hydrogen (secondary N) is 2. The van der Waals surface area contributed by atoms with Crippen LogP contribution >= 0.6 is 11.3 Å².